The fourth-order valence-electron chi connectivity index (χ4n) is 3.41. The maximum absolute atomic E-state index is 13.1. The van der Waals surface area contributed by atoms with Crippen LogP contribution >= 0.6 is 0 Å². The molecule has 0 unspecified atom stereocenters. The second kappa shape index (κ2) is 8.99. The van der Waals surface area contributed by atoms with Gasteiger partial charge in [-0.15, -0.1) is 0 Å². The minimum absolute atomic E-state index is 0.132. The Morgan fingerprint density at radius 3 is 2.20 bits per heavy atom. The Hall–Kier alpha value is -2.68. The number of halogens is 4. The molecule has 1 amide bonds. The second-order valence-corrected chi connectivity index (χ2v) is 7.38. The minimum Gasteiger partial charge on any atom is -0.354 e. The Labute approximate surface area is 172 Å². The standard InChI is InChI=1S/C21H24F4N4O/c1-14(16-3-6-18(22)7-4-16)27-20(30)15(2)28-9-11-29(12-10-28)19-8-5-17(13-26-19)21(23,24)25/h3-8,13-15H,9-12H2,1-2H3,(H,27,30)/t14-,15+/m1/s1. The normalized spacial score (nSPS) is 17.5. The van der Waals surface area contributed by atoms with E-state index in [0.717, 1.165) is 17.8 Å². The zero-order valence-electron chi connectivity index (χ0n) is 16.8. The quantitative estimate of drug-likeness (QED) is 0.745. The van der Waals surface area contributed by atoms with Crippen LogP contribution in [-0.2, 0) is 11.0 Å². The van der Waals surface area contributed by atoms with E-state index in [0.29, 0.717) is 32.0 Å². The first-order chi connectivity index (χ1) is 14.1. The maximum Gasteiger partial charge on any atom is 0.417 e. The Morgan fingerprint density at radius 1 is 1.03 bits per heavy atom. The first-order valence-corrected chi connectivity index (χ1v) is 9.73. The van der Waals surface area contributed by atoms with E-state index in [1.807, 2.05) is 23.6 Å². The van der Waals surface area contributed by atoms with Crippen LogP contribution in [0.3, 0.4) is 0 Å². The molecule has 0 spiro atoms. The molecule has 1 N–H and O–H groups in total. The summed E-state index contributed by atoms with van der Waals surface area (Å²) in [7, 11) is 0. The number of amides is 1. The summed E-state index contributed by atoms with van der Waals surface area (Å²) >= 11 is 0. The van der Waals surface area contributed by atoms with Gasteiger partial charge in [-0.2, -0.15) is 13.2 Å². The van der Waals surface area contributed by atoms with Gasteiger partial charge in [0.15, 0.2) is 0 Å². The lowest BCUT2D eigenvalue weighted by atomic mass is 10.1. The van der Waals surface area contributed by atoms with Crippen molar-refractivity contribution >= 4 is 11.7 Å². The number of hydrogen-bond acceptors (Lipinski definition) is 4. The Bertz CT molecular complexity index is 847. The summed E-state index contributed by atoms with van der Waals surface area (Å²) in [5.74, 6) is 0.0312. The number of anilines is 1. The van der Waals surface area contributed by atoms with Gasteiger partial charge in [0.1, 0.15) is 11.6 Å². The van der Waals surface area contributed by atoms with Gasteiger partial charge in [-0.05, 0) is 43.7 Å². The lowest BCUT2D eigenvalue weighted by Crippen LogP contribution is -2.54. The average Bonchev–Trinajstić information content (AvgIpc) is 2.73. The van der Waals surface area contributed by atoms with E-state index in [2.05, 4.69) is 10.3 Å². The fourth-order valence-corrected chi connectivity index (χ4v) is 3.41. The van der Waals surface area contributed by atoms with Crippen molar-refractivity contribution in [1.29, 1.82) is 0 Å². The summed E-state index contributed by atoms with van der Waals surface area (Å²) in [6.45, 7) is 5.95. The zero-order valence-corrected chi connectivity index (χ0v) is 16.8. The number of nitrogens with zero attached hydrogens (tertiary/aromatic N) is 3. The van der Waals surface area contributed by atoms with Crippen molar-refractivity contribution in [3.63, 3.8) is 0 Å². The molecule has 1 aliphatic heterocycles. The fraction of sp³-hybridized carbons (Fsp3) is 0.429. The molecule has 0 radical (unpaired) electrons. The third-order valence-corrected chi connectivity index (χ3v) is 5.37. The van der Waals surface area contributed by atoms with Gasteiger partial charge in [0.2, 0.25) is 5.91 Å². The van der Waals surface area contributed by atoms with E-state index in [-0.39, 0.29) is 23.8 Å². The molecular weight excluding hydrogens is 400 g/mol. The van der Waals surface area contributed by atoms with E-state index in [1.165, 1.54) is 18.2 Å². The second-order valence-electron chi connectivity index (χ2n) is 7.38. The highest BCUT2D eigenvalue weighted by molar-refractivity contribution is 5.81. The van der Waals surface area contributed by atoms with Crippen LogP contribution in [0.4, 0.5) is 23.4 Å². The number of rotatable bonds is 5. The molecule has 9 heteroatoms. The molecular formula is C21H24F4N4O. The molecule has 0 aliphatic carbocycles. The van der Waals surface area contributed by atoms with Crippen LogP contribution in [0.1, 0.15) is 31.0 Å². The van der Waals surface area contributed by atoms with E-state index in [1.54, 1.807) is 12.1 Å². The summed E-state index contributed by atoms with van der Waals surface area (Å²) in [5, 5.41) is 2.94. The van der Waals surface area contributed by atoms with Gasteiger partial charge in [0.05, 0.1) is 17.6 Å². The first-order valence-electron chi connectivity index (χ1n) is 9.73. The molecule has 5 nitrogen and oxygen atoms in total. The van der Waals surface area contributed by atoms with E-state index in [4.69, 9.17) is 0 Å². The lowest BCUT2D eigenvalue weighted by Gasteiger charge is -2.38. The molecule has 1 fully saturated rings. The first kappa shape index (κ1) is 22.0. The topological polar surface area (TPSA) is 48.5 Å². The minimum atomic E-state index is -4.40. The number of aromatic nitrogens is 1. The SMILES string of the molecule is C[C@@H](NC(=O)[C@H](C)N1CCN(c2ccc(C(F)(F)F)cn2)CC1)c1ccc(F)cc1. The van der Waals surface area contributed by atoms with Crippen molar-refractivity contribution in [2.24, 2.45) is 0 Å². The van der Waals surface area contributed by atoms with Gasteiger partial charge in [0, 0.05) is 32.4 Å². The number of piperazine rings is 1. The highest BCUT2D eigenvalue weighted by Gasteiger charge is 2.31. The van der Waals surface area contributed by atoms with Crippen molar-refractivity contribution in [3.8, 4) is 0 Å². The third kappa shape index (κ3) is 5.27. The molecule has 162 valence electrons. The van der Waals surface area contributed by atoms with Crippen molar-refractivity contribution in [2.75, 3.05) is 31.1 Å². The molecule has 2 atom stereocenters. The van der Waals surface area contributed by atoms with E-state index >= 15 is 0 Å². The van der Waals surface area contributed by atoms with E-state index < -0.39 is 11.7 Å². The molecule has 1 aromatic heterocycles. The molecule has 1 aliphatic rings. The molecule has 1 aromatic carbocycles. The molecule has 2 heterocycles. The Morgan fingerprint density at radius 2 is 1.67 bits per heavy atom. The summed E-state index contributed by atoms with van der Waals surface area (Å²) < 4.78 is 51.1. The van der Waals surface area contributed by atoms with Crippen molar-refractivity contribution in [1.82, 2.24) is 15.2 Å². The summed E-state index contributed by atoms with van der Waals surface area (Å²) in [6.07, 6.45) is -3.56. The predicted octanol–water partition coefficient (Wildman–Crippen LogP) is 3.63. The number of nitrogens with one attached hydrogen (secondary N) is 1. The Balaban J connectivity index is 1.52. The number of carbonyl (C=O) groups excluding carboxylic acids is 1. The van der Waals surface area contributed by atoms with Gasteiger partial charge in [-0.3, -0.25) is 9.69 Å². The summed E-state index contributed by atoms with van der Waals surface area (Å²) in [4.78, 5) is 20.5. The van der Waals surface area contributed by atoms with Crippen molar-refractivity contribution < 1.29 is 22.4 Å². The average molecular weight is 424 g/mol. The van der Waals surface area contributed by atoms with E-state index in [9.17, 15) is 22.4 Å². The monoisotopic (exact) mass is 424 g/mol. The number of hydrogen-bond donors (Lipinski definition) is 1. The summed E-state index contributed by atoms with van der Waals surface area (Å²) in [5.41, 5.74) is 0.0422. The van der Waals surface area contributed by atoms with Gasteiger partial charge in [0.25, 0.3) is 0 Å². The van der Waals surface area contributed by atoms with Gasteiger partial charge in [-0.1, -0.05) is 12.1 Å². The number of carbonyl (C=O) groups is 1. The maximum atomic E-state index is 13.1. The van der Waals surface area contributed by atoms with Gasteiger partial charge in [-0.25, -0.2) is 9.37 Å². The largest absolute Gasteiger partial charge is 0.417 e. The molecule has 3 rings (SSSR count). The van der Waals surface area contributed by atoms with Crippen LogP contribution in [0.15, 0.2) is 42.6 Å². The van der Waals surface area contributed by atoms with Crippen LogP contribution in [0, 0.1) is 5.82 Å². The highest BCUT2D eigenvalue weighted by Crippen LogP contribution is 2.29. The molecule has 1 saturated heterocycles. The van der Waals surface area contributed by atoms with Gasteiger partial charge >= 0.3 is 6.18 Å². The highest BCUT2D eigenvalue weighted by atomic mass is 19.4. The Kier molecular flexibility index (Phi) is 6.60. The zero-order chi connectivity index (χ0) is 21.9. The lowest BCUT2D eigenvalue weighted by molar-refractivity contribution is -0.137. The van der Waals surface area contributed by atoms with Crippen LogP contribution in [-0.4, -0.2) is 48.0 Å². The van der Waals surface area contributed by atoms with Crippen molar-refractivity contribution in [2.45, 2.75) is 32.1 Å². The number of alkyl halides is 3. The van der Waals surface area contributed by atoms with Crippen molar-refractivity contribution in [3.05, 3.63) is 59.5 Å². The molecule has 2 aromatic rings. The smallest absolute Gasteiger partial charge is 0.354 e. The van der Waals surface area contributed by atoms with Crippen LogP contribution in [0.25, 0.3) is 0 Å². The van der Waals surface area contributed by atoms with Crippen LogP contribution in [0.2, 0.25) is 0 Å². The molecule has 0 bridgehead atoms. The van der Waals surface area contributed by atoms with Crippen LogP contribution < -0.4 is 10.2 Å². The predicted molar refractivity (Wildman–Crippen MR) is 105 cm³/mol. The molecule has 30 heavy (non-hydrogen) atoms. The van der Waals surface area contributed by atoms with Crippen LogP contribution in [0.5, 0.6) is 0 Å². The number of pyridine rings is 1. The third-order valence-electron chi connectivity index (χ3n) is 5.37. The molecule has 0 saturated carbocycles. The summed E-state index contributed by atoms with van der Waals surface area (Å²) in [6, 6.07) is 7.78. The number of benzene rings is 1. The van der Waals surface area contributed by atoms with Gasteiger partial charge < -0.3 is 10.2 Å².